The van der Waals surface area contributed by atoms with E-state index in [2.05, 4.69) is 18.0 Å². The third kappa shape index (κ3) is 4.72. The molecule has 1 saturated heterocycles. The molecule has 1 aliphatic heterocycles. The molecule has 23 heavy (non-hydrogen) atoms. The van der Waals surface area contributed by atoms with Crippen LogP contribution in [-0.4, -0.2) is 40.6 Å². The molecule has 0 saturated carbocycles. The molecule has 0 aromatic heterocycles. The predicted octanol–water partition coefficient (Wildman–Crippen LogP) is 3.36. The van der Waals surface area contributed by atoms with Crippen LogP contribution in [0.2, 0.25) is 0 Å². The van der Waals surface area contributed by atoms with Gasteiger partial charge in [0.2, 0.25) is 0 Å². The van der Waals surface area contributed by atoms with E-state index in [4.69, 9.17) is 17.3 Å². The molecule has 0 spiro atoms. The second-order valence-electron chi connectivity index (χ2n) is 6.99. The molecular formula is C19H29ClN2O. The van der Waals surface area contributed by atoms with Crippen LogP contribution < -0.4 is 5.73 Å². The lowest BCUT2D eigenvalue weighted by Gasteiger charge is -2.42. The zero-order valence-corrected chi connectivity index (χ0v) is 15.0. The largest absolute Gasteiger partial charge is 0.405 e. The van der Waals surface area contributed by atoms with Gasteiger partial charge in [-0.25, -0.2) is 0 Å². The Balaban J connectivity index is 2.21. The monoisotopic (exact) mass is 336 g/mol. The van der Waals surface area contributed by atoms with Gasteiger partial charge in [-0.3, -0.25) is 0 Å². The lowest BCUT2D eigenvalue weighted by molar-refractivity contribution is -0.00516. The van der Waals surface area contributed by atoms with E-state index in [-0.39, 0.29) is 10.8 Å². The Hall–Kier alpha value is -1.03. The summed E-state index contributed by atoms with van der Waals surface area (Å²) >= 11 is 6.38. The molecule has 128 valence electrons. The van der Waals surface area contributed by atoms with E-state index in [0.717, 1.165) is 37.9 Å². The van der Waals surface area contributed by atoms with Gasteiger partial charge in [-0.2, -0.15) is 0 Å². The highest BCUT2D eigenvalue weighted by molar-refractivity contribution is 6.25. The molecule has 3 N–H and O–H groups in total. The van der Waals surface area contributed by atoms with Crippen molar-refractivity contribution in [3.63, 3.8) is 0 Å². The van der Waals surface area contributed by atoms with Gasteiger partial charge in [-0.15, -0.1) is 11.6 Å². The van der Waals surface area contributed by atoms with E-state index in [1.165, 1.54) is 6.20 Å². The van der Waals surface area contributed by atoms with Gasteiger partial charge in [0.1, 0.15) is 0 Å². The van der Waals surface area contributed by atoms with E-state index in [1.54, 1.807) is 6.08 Å². The Morgan fingerprint density at radius 2 is 2.13 bits per heavy atom. The third-order valence-electron chi connectivity index (χ3n) is 5.01. The van der Waals surface area contributed by atoms with Gasteiger partial charge in [0, 0.05) is 0 Å². The van der Waals surface area contributed by atoms with Crippen molar-refractivity contribution < 1.29 is 5.11 Å². The van der Waals surface area contributed by atoms with Gasteiger partial charge < -0.3 is 15.7 Å². The molecule has 0 bridgehead atoms. The molecule has 0 aromatic rings. The van der Waals surface area contributed by atoms with E-state index >= 15 is 0 Å². The summed E-state index contributed by atoms with van der Waals surface area (Å²) in [5.74, 6) is 0.265. The SMILES string of the molecule is CN1CCC(C(O)(C/C=C\C=C/N)C2=CCC(C)(Cl)C=C2)CC1. The minimum atomic E-state index is -0.829. The Morgan fingerprint density at radius 3 is 2.70 bits per heavy atom. The summed E-state index contributed by atoms with van der Waals surface area (Å²) in [5, 5.41) is 11.5. The number of rotatable bonds is 5. The highest BCUT2D eigenvalue weighted by atomic mass is 35.5. The second-order valence-corrected chi connectivity index (χ2v) is 7.86. The number of likely N-dealkylation sites (tertiary alicyclic amines) is 1. The maximum atomic E-state index is 11.5. The summed E-state index contributed by atoms with van der Waals surface area (Å²) in [6.07, 6.45) is 16.7. The summed E-state index contributed by atoms with van der Waals surface area (Å²) in [7, 11) is 2.14. The van der Waals surface area contributed by atoms with E-state index in [1.807, 2.05) is 31.2 Å². The Kier molecular flexibility index (Phi) is 6.12. The number of alkyl halides is 1. The highest BCUT2D eigenvalue weighted by Crippen LogP contribution is 2.40. The number of halogens is 1. The summed E-state index contributed by atoms with van der Waals surface area (Å²) in [5.41, 5.74) is 5.55. The van der Waals surface area contributed by atoms with Crippen LogP contribution in [0.1, 0.15) is 32.6 Å². The number of hydrogen-bond acceptors (Lipinski definition) is 3. The van der Waals surface area contributed by atoms with Crippen LogP contribution in [0.25, 0.3) is 0 Å². The molecule has 2 aliphatic rings. The van der Waals surface area contributed by atoms with Crippen LogP contribution in [0.3, 0.4) is 0 Å². The third-order valence-corrected chi connectivity index (χ3v) is 5.29. The molecule has 0 amide bonds. The zero-order chi connectivity index (χ0) is 16.9. The number of nitrogens with zero attached hydrogens (tertiary/aromatic N) is 1. The first-order chi connectivity index (χ1) is 10.9. The van der Waals surface area contributed by atoms with Crippen LogP contribution in [-0.2, 0) is 0 Å². The quantitative estimate of drug-likeness (QED) is 0.598. The topological polar surface area (TPSA) is 49.5 Å². The lowest BCUT2D eigenvalue weighted by atomic mass is 9.72. The molecule has 1 fully saturated rings. The molecule has 1 aliphatic carbocycles. The van der Waals surface area contributed by atoms with Crippen molar-refractivity contribution in [1.82, 2.24) is 4.90 Å². The van der Waals surface area contributed by atoms with Gasteiger partial charge in [-0.05, 0) is 76.5 Å². The van der Waals surface area contributed by atoms with Crippen molar-refractivity contribution in [2.45, 2.75) is 43.1 Å². The van der Waals surface area contributed by atoms with Crippen molar-refractivity contribution in [2.24, 2.45) is 11.7 Å². The maximum Gasteiger partial charge on any atom is 0.0956 e. The van der Waals surface area contributed by atoms with Crippen LogP contribution in [0, 0.1) is 5.92 Å². The normalized spacial score (nSPS) is 30.0. The zero-order valence-electron chi connectivity index (χ0n) is 14.2. The minimum absolute atomic E-state index is 0.265. The molecule has 2 rings (SSSR count). The molecule has 4 heteroatoms. The lowest BCUT2D eigenvalue weighted by Crippen LogP contribution is -2.45. The summed E-state index contributed by atoms with van der Waals surface area (Å²) in [6.45, 7) is 4.06. The van der Waals surface area contributed by atoms with Crippen LogP contribution in [0.5, 0.6) is 0 Å². The fourth-order valence-electron chi connectivity index (χ4n) is 3.43. The molecule has 3 nitrogen and oxygen atoms in total. The average molecular weight is 337 g/mol. The standard InChI is InChI=1S/C19H29ClN2O/c1-18(20)11-6-16(7-12-18)19(23,10-4-3-5-13-21)17-8-14-22(2)15-9-17/h3-7,11,13,17,23H,8-10,12,14-15,21H2,1-2H3/b4-3-,13-5-. The molecular weight excluding hydrogens is 308 g/mol. The van der Waals surface area contributed by atoms with Gasteiger partial charge in [0.05, 0.1) is 10.5 Å². The maximum absolute atomic E-state index is 11.5. The van der Waals surface area contributed by atoms with Crippen molar-refractivity contribution in [2.75, 3.05) is 20.1 Å². The van der Waals surface area contributed by atoms with Gasteiger partial charge in [0.15, 0.2) is 0 Å². The number of aliphatic hydroxyl groups is 1. The van der Waals surface area contributed by atoms with Gasteiger partial charge >= 0.3 is 0 Å². The number of nitrogens with two attached hydrogens (primary N) is 1. The Bertz CT molecular complexity index is 513. The number of allylic oxidation sites excluding steroid dienone is 4. The van der Waals surface area contributed by atoms with Crippen LogP contribution >= 0.6 is 11.6 Å². The van der Waals surface area contributed by atoms with Crippen LogP contribution in [0.4, 0.5) is 0 Å². The molecule has 2 atom stereocenters. The van der Waals surface area contributed by atoms with Gasteiger partial charge in [0.25, 0.3) is 0 Å². The fraction of sp³-hybridized carbons (Fsp3) is 0.579. The van der Waals surface area contributed by atoms with E-state index in [9.17, 15) is 5.11 Å². The summed E-state index contributed by atoms with van der Waals surface area (Å²) in [6, 6.07) is 0. The minimum Gasteiger partial charge on any atom is -0.405 e. The first kappa shape index (κ1) is 18.3. The van der Waals surface area contributed by atoms with Crippen molar-refractivity contribution >= 4 is 11.6 Å². The molecule has 0 radical (unpaired) electrons. The smallest absolute Gasteiger partial charge is 0.0956 e. The molecule has 0 aromatic carbocycles. The fourth-order valence-corrected chi connectivity index (χ4v) is 3.57. The van der Waals surface area contributed by atoms with Gasteiger partial charge in [-0.1, -0.05) is 30.4 Å². The van der Waals surface area contributed by atoms with E-state index < -0.39 is 5.60 Å². The Labute approximate surface area is 145 Å². The summed E-state index contributed by atoms with van der Waals surface area (Å²) < 4.78 is 0. The summed E-state index contributed by atoms with van der Waals surface area (Å²) in [4.78, 5) is 1.99. The average Bonchev–Trinajstić information content (AvgIpc) is 2.52. The highest BCUT2D eigenvalue weighted by Gasteiger charge is 2.40. The van der Waals surface area contributed by atoms with Crippen molar-refractivity contribution in [3.8, 4) is 0 Å². The van der Waals surface area contributed by atoms with Crippen molar-refractivity contribution in [1.29, 1.82) is 0 Å². The first-order valence-electron chi connectivity index (χ1n) is 8.40. The van der Waals surface area contributed by atoms with Crippen molar-refractivity contribution in [3.05, 3.63) is 48.2 Å². The van der Waals surface area contributed by atoms with E-state index in [0.29, 0.717) is 6.42 Å². The Morgan fingerprint density at radius 1 is 1.43 bits per heavy atom. The number of piperidine rings is 1. The predicted molar refractivity (Wildman–Crippen MR) is 98.4 cm³/mol. The first-order valence-corrected chi connectivity index (χ1v) is 8.78. The molecule has 2 unspecified atom stereocenters. The number of hydrogen-bond donors (Lipinski definition) is 2. The second kappa shape index (κ2) is 7.69. The molecule has 1 heterocycles. The van der Waals surface area contributed by atoms with Crippen LogP contribution in [0.15, 0.2) is 48.2 Å².